The molecule has 1 aromatic rings. The van der Waals surface area contributed by atoms with Crippen molar-refractivity contribution < 1.29 is 24.5 Å². The monoisotopic (exact) mass is 294 g/mol. The van der Waals surface area contributed by atoms with Gasteiger partial charge in [0, 0.05) is 5.92 Å². The van der Waals surface area contributed by atoms with Gasteiger partial charge in [0.25, 0.3) is 0 Å². The molecule has 0 aliphatic rings. The molecule has 2 N–H and O–H groups in total. The summed E-state index contributed by atoms with van der Waals surface area (Å²) in [5, 5.41) is 18.8. The number of ether oxygens (including phenoxy) is 1. The molecule has 2 atom stereocenters. The molecule has 0 heterocycles. The Labute approximate surface area is 124 Å². The maximum atomic E-state index is 11.9. The van der Waals surface area contributed by atoms with E-state index in [0.29, 0.717) is 6.42 Å². The molecule has 1 rings (SSSR count). The van der Waals surface area contributed by atoms with E-state index >= 15 is 0 Å². The van der Waals surface area contributed by atoms with Gasteiger partial charge in [-0.3, -0.25) is 4.79 Å². The summed E-state index contributed by atoms with van der Waals surface area (Å²) in [7, 11) is 0. The van der Waals surface area contributed by atoms with Gasteiger partial charge < -0.3 is 14.9 Å². The van der Waals surface area contributed by atoms with Crippen LogP contribution in [0.5, 0.6) is 0 Å². The van der Waals surface area contributed by atoms with Gasteiger partial charge in [-0.1, -0.05) is 30.3 Å². The normalized spacial score (nSPS) is 14.3. The number of carboxylic acid groups (broad SMARTS) is 1. The van der Waals surface area contributed by atoms with Crippen molar-refractivity contribution in [1.82, 2.24) is 0 Å². The molecule has 5 heteroatoms. The van der Waals surface area contributed by atoms with Gasteiger partial charge in [-0.15, -0.1) is 0 Å². The molecule has 116 valence electrons. The van der Waals surface area contributed by atoms with E-state index < -0.39 is 29.6 Å². The average Bonchev–Trinajstić information content (AvgIpc) is 2.36. The fraction of sp³-hybridized carbons (Fsp3) is 0.500. The second-order valence-corrected chi connectivity index (χ2v) is 6.02. The molecule has 0 spiro atoms. The fourth-order valence-corrected chi connectivity index (χ4v) is 2.01. The molecule has 0 amide bonds. The van der Waals surface area contributed by atoms with Crippen LogP contribution in [0.15, 0.2) is 30.3 Å². The Kier molecular flexibility index (Phi) is 5.90. The first-order valence-corrected chi connectivity index (χ1v) is 6.85. The fourth-order valence-electron chi connectivity index (χ4n) is 2.01. The summed E-state index contributed by atoms with van der Waals surface area (Å²) < 4.78 is 5.19. The second kappa shape index (κ2) is 7.22. The van der Waals surface area contributed by atoms with E-state index in [1.54, 1.807) is 20.8 Å². The van der Waals surface area contributed by atoms with Crippen molar-refractivity contribution in [3.8, 4) is 0 Å². The van der Waals surface area contributed by atoms with E-state index in [0.717, 1.165) is 5.56 Å². The minimum Gasteiger partial charge on any atom is -0.479 e. The summed E-state index contributed by atoms with van der Waals surface area (Å²) in [6.45, 7) is 5.22. The van der Waals surface area contributed by atoms with E-state index in [4.69, 9.17) is 9.84 Å². The predicted octanol–water partition coefficient (Wildman–Crippen LogP) is 2.02. The first-order chi connectivity index (χ1) is 9.69. The molecule has 0 saturated heterocycles. The quantitative estimate of drug-likeness (QED) is 0.784. The van der Waals surface area contributed by atoms with Crippen LogP contribution in [-0.2, 0) is 20.7 Å². The molecule has 0 fully saturated rings. The number of aliphatic hydroxyl groups is 1. The minimum absolute atomic E-state index is 0.139. The highest BCUT2D eigenvalue weighted by Crippen LogP contribution is 2.19. The molecule has 21 heavy (non-hydrogen) atoms. The van der Waals surface area contributed by atoms with Crippen LogP contribution in [0.2, 0.25) is 0 Å². The van der Waals surface area contributed by atoms with E-state index in [1.165, 1.54) is 0 Å². The Morgan fingerprint density at radius 1 is 1.19 bits per heavy atom. The lowest BCUT2D eigenvalue weighted by molar-refractivity contribution is -0.159. The number of hydrogen-bond acceptors (Lipinski definition) is 4. The van der Waals surface area contributed by atoms with Crippen LogP contribution < -0.4 is 0 Å². The molecule has 1 unspecified atom stereocenters. The topological polar surface area (TPSA) is 83.8 Å². The number of esters is 1. The van der Waals surface area contributed by atoms with Crippen LogP contribution in [0.3, 0.4) is 0 Å². The van der Waals surface area contributed by atoms with Gasteiger partial charge in [-0.05, 0) is 32.8 Å². The van der Waals surface area contributed by atoms with Crippen LogP contribution >= 0.6 is 0 Å². The molecule has 0 bridgehead atoms. The number of aliphatic carboxylic acids is 1. The Morgan fingerprint density at radius 3 is 2.24 bits per heavy atom. The highest BCUT2D eigenvalue weighted by molar-refractivity contribution is 5.75. The first-order valence-electron chi connectivity index (χ1n) is 6.85. The van der Waals surface area contributed by atoms with Crippen molar-refractivity contribution in [3.63, 3.8) is 0 Å². The van der Waals surface area contributed by atoms with Crippen molar-refractivity contribution in [1.29, 1.82) is 0 Å². The molecule has 0 aliphatic carbocycles. The van der Waals surface area contributed by atoms with Crippen molar-refractivity contribution in [2.45, 2.75) is 45.3 Å². The molecule has 0 saturated carbocycles. The van der Waals surface area contributed by atoms with E-state index in [-0.39, 0.29) is 6.42 Å². The van der Waals surface area contributed by atoms with Crippen LogP contribution in [0.25, 0.3) is 0 Å². The summed E-state index contributed by atoms with van der Waals surface area (Å²) in [6.07, 6.45) is -1.44. The summed E-state index contributed by atoms with van der Waals surface area (Å²) in [6, 6.07) is 9.16. The largest absolute Gasteiger partial charge is 0.479 e. The molecule has 0 aliphatic heterocycles. The van der Waals surface area contributed by atoms with Crippen molar-refractivity contribution in [2.75, 3.05) is 0 Å². The van der Waals surface area contributed by atoms with Gasteiger partial charge in [0.05, 0.1) is 6.42 Å². The number of aliphatic hydroxyl groups excluding tert-OH is 1. The summed E-state index contributed by atoms with van der Waals surface area (Å²) in [4.78, 5) is 22.9. The maximum Gasteiger partial charge on any atom is 0.332 e. The lowest BCUT2D eigenvalue weighted by atomic mass is 9.91. The smallest absolute Gasteiger partial charge is 0.332 e. The number of carbonyl (C=O) groups is 2. The Balaban J connectivity index is 2.78. The molecule has 0 radical (unpaired) electrons. The van der Waals surface area contributed by atoms with E-state index in [2.05, 4.69) is 0 Å². The SMILES string of the molecule is CC(C)(C)OC(=O)C[C@@H](Cc1ccccc1)C(O)C(=O)O. The predicted molar refractivity (Wildman–Crippen MR) is 77.7 cm³/mol. The second-order valence-electron chi connectivity index (χ2n) is 6.02. The number of carbonyl (C=O) groups excluding carboxylic acids is 1. The average molecular weight is 294 g/mol. The first kappa shape index (κ1) is 17.2. The zero-order chi connectivity index (χ0) is 16.0. The van der Waals surface area contributed by atoms with E-state index in [1.807, 2.05) is 30.3 Å². The third kappa shape index (κ3) is 6.40. The molecule has 0 aromatic heterocycles. The van der Waals surface area contributed by atoms with Crippen LogP contribution in [0.4, 0.5) is 0 Å². The van der Waals surface area contributed by atoms with Crippen molar-refractivity contribution >= 4 is 11.9 Å². The number of carboxylic acids is 1. The van der Waals surface area contributed by atoms with Gasteiger partial charge in [-0.25, -0.2) is 4.79 Å². The number of rotatable bonds is 6. The van der Waals surface area contributed by atoms with Gasteiger partial charge in [0.1, 0.15) is 5.60 Å². The van der Waals surface area contributed by atoms with Gasteiger partial charge >= 0.3 is 11.9 Å². The highest BCUT2D eigenvalue weighted by Gasteiger charge is 2.30. The Morgan fingerprint density at radius 2 is 1.76 bits per heavy atom. The van der Waals surface area contributed by atoms with E-state index in [9.17, 15) is 14.7 Å². The van der Waals surface area contributed by atoms with Crippen LogP contribution in [-0.4, -0.2) is 33.9 Å². The Hall–Kier alpha value is -1.88. The lowest BCUT2D eigenvalue weighted by Crippen LogP contribution is -2.34. The third-order valence-corrected chi connectivity index (χ3v) is 2.89. The molecular weight excluding hydrogens is 272 g/mol. The van der Waals surface area contributed by atoms with Crippen molar-refractivity contribution in [2.24, 2.45) is 5.92 Å². The van der Waals surface area contributed by atoms with Crippen molar-refractivity contribution in [3.05, 3.63) is 35.9 Å². The summed E-state index contributed by atoms with van der Waals surface area (Å²) >= 11 is 0. The zero-order valence-electron chi connectivity index (χ0n) is 12.6. The minimum atomic E-state index is -1.60. The summed E-state index contributed by atoms with van der Waals surface area (Å²) in [5.41, 5.74) is 0.231. The third-order valence-electron chi connectivity index (χ3n) is 2.89. The van der Waals surface area contributed by atoms with Gasteiger partial charge in [-0.2, -0.15) is 0 Å². The van der Waals surface area contributed by atoms with Gasteiger partial charge in [0.2, 0.25) is 0 Å². The standard InChI is InChI=1S/C16H22O5/c1-16(2,3)21-13(17)10-12(14(18)15(19)20)9-11-7-5-4-6-8-11/h4-8,12,14,18H,9-10H2,1-3H3,(H,19,20)/t12-,14?/m1/s1. The number of hydrogen-bond donors (Lipinski definition) is 2. The molecular formula is C16H22O5. The zero-order valence-corrected chi connectivity index (χ0v) is 12.6. The summed E-state index contributed by atoms with van der Waals surface area (Å²) in [5.74, 6) is -2.57. The number of benzene rings is 1. The Bertz CT molecular complexity index is 475. The highest BCUT2D eigenvalue weighted by atomic mass is 16.6. The molecule has 1 aromatic carbocycles. The van der Waals surface area contributed by atoms with Crippen LogP contribution in [0.1, 0.15) is 32.8 Å². The lowest BCUT2D eigenvalue weighted by Gasteiger charge is -2.23. The maximum absolute atomic E-state index is 11.9. The molecule has 5 nitrogen and oxygen atoms in total. The van der Waals surface area contributed by atoms with Gasteiger partial charge in [0.15, 0.2) is 6.10 Å². The van der Waals surface area contributed by atoms with Crippen LogP contribution in [0, 0.1) is 5.92 Å².